The highest BCUT2D eigenvalue weighted by Crippen LogP contribution is 2.33. The van der Waals surface area contributed by atoms with Crippen molar-refractivity contribution in [3.63, 3.8) is 0 Å². The molecule has 2 N–H and O–H groups in total. The SMILES string of the molecule is COc1cc(C)c(C)c(OC)c1C(N)=O. The maximum atomic E-state index is 11.3. The maximum Gasteiger partial charge on any atom is 0.256 e. The van der Waals surface area contributed by atoms with Crippen LogP contribution >= 0.6 is 0 Å². The van der Waals surface area contributed by atoms with Gasteiger partial charge in [-0.3, -0.25) is 4.79 Å². The lowest BCUT2D eigenvalue weighted by Gasteiger charge is -2.15. The molecule has 0 aromatic heterocycles. The van der Waals surface area contributed by atoms with Crippen LogP contribution < -0.4 is 15.2 Å². The Labute approximate surface area is 89.0 Å². The minimum Gasteiger partial charge on any atom is -0.496 e. The summed E-state index contributed by atoms with van der Waals surface area (Å²) < 4.78 is 10.3. The second-order valence-electron chi connectivity index (χ2n) is 3.29. The molecule has 1 amide bonds. The van der Waals surface area contributed by atoms with Crippen molar-refractivity contribution in [2.75, 3.05) is 14.2 Å². The molecule has 4 nitrogen and oxygen atoms in total. The second kappa shape index (κ2) is 4.21. The van der Waals surface area contributed by atoms with Gasteiger partial charge in [0.15, 0.2) is 0 Å². The number of carbonyl (C=O) groups is 1. The molecule has 0 bridgehead atoms. The first-order chi connectivity index (χ1) is 7.02. The van der Waals surface area contributed by atoms with E-state index in [2.05, 4.69) is 0 Å². The van der Waals surface area contributed by atoms with Gasteiger partial charge < -0.3 is 15.2 Å². The number of hydrogen-bond donors (Lipinski definition) is 1. The smallest absolute Gasteiger partial charge is 0.256 e. The van der Waals surface area contributed by atoms with Gasteiger partial charge in [0.25, 0.3) is 5.91 Å². The Morgan fingerprint density at radius 2 is 1.87 bits per heavy atom. The molecule has 0 aliphatic heterocycles. The number of aryl methyl sites for hydroxylation is 1. The summed E-state index contributed by atoms with van der Waals surface area (Å²) in [6.45, 7) is 3.80. The Hall–Kier alpha value is -1.71. The van der Waals surface area contributed by atoms with Gasteiger partial charge in [0, 0.05) is 0 Å². The Morgan fingerprint density at radius 3 is 2.27 bits per heavy atom. The van der Waals surface area contributed by atoms with Crippen LogP contribution in [0, 0.1) is 13.8 Å². The minimum absolute atomic E-state index is 0.295. The molecule has 0 unspecified atom stereocenters. The van der Waals surface area contributed by atoms with E-state index in [4.69, 9.17) is 15.2 Å². The van der Waals surface area contributed by atoms with Crippen molar-refractivity contribution in [2.24, 2.45) is 5.73 Å². The first kappa shape index (κ1) is 11.4. The normalized spacial score (nSPS) is 9.87. The van der Waals surface area contributed by atoms with Crippen LogP contribution in [0.3, 0.4) is 0 Å². The first-order valence-corrected chi connectivity index (χ1v) is 4.54. The zero-order chi connectivity index (χ0) is 11.6. The van der Waals surface area contributed by atoms with E-state index in [-0.39, 0.29) is 0 Å². The van der Waals surface area contributed by atoms with Crippen molar-refractivity contribution in [1.29, 1.82) is 0 Å². The summed E-state index contributed by atoms with van der Waals surface area (Å²) in [6.07, 6.45) is 0. The number of hydrogen-bond acceptors (Lipinski definition) is 3. The number of primary amides is 1. The van der Waals surface area contributed by atoms with Crippen LogP contribution in [0.4, 0.5) is 0 Å². The molecular weight excluding hydrogens is 194 g/mol. The largest absolute Gasteiger partial charge is 0.496 e. The van der Waals surface area contributed by atoms with Gasteiger partial charge in [0.1, 0.15) is 17.1 Å². The fourth-order valence-electron chi connectivity index (χ4n) is 1.51. The van der Waals surface area contributed by atoms with Crippen molar-refractivity contribution in [2.45, 2.75) is 13.8 Å². The van der Waals surface area contributed by atoms with Crippen LogP contribution in [-0.4, -0.2) is 20.1 Å². The van der Waals surface area contributed by atoms with E-state index >= 15 is 0 Å². The van der Waals surface area contributed by atoms with Crippen molar-refractivity contribution in [3.8, 4) is 11.5 Å². The van der Waals surface area contributed by atoms with Gasteiger partial charge in [0.05, 0.1) is 14.2 Å². The van der Waals surface area contributed by atoms with Crippen LogP contribution in [0.1, 0.15) is 21.5 Å². The summed E-state index contributed by atoms with van der Waals surface area (Å²) in [5, 5.41) is 0. The van der Waals surface area contributed by atoms with Crippen LogP contribution in [0.2, 0.25) is 0 Å². The topological polar surface area (TPSA) is 61.6 Å². The Morgan fingerprint density at radius 1 is 1.27 bits per heavy atom. The van der Waals surface area contributed by atoms with E-state index in [0.29, 0.717) is 17.1 Å². The molecule has 0 spiro atoms. The van der Waals surface area contributed by atoms with Crippen LogP contribution in [0.25, 0.3) is 0 Å². The predicted octanol–water partition coefficient (Wildman–Crippen LogP) is 1.42. The molecule has 0 aliphatic rings. The van der Waals surface area contributed by atoms with Gasteiger partial charge in [-0.2, -0.15) is 0 Å². The third-order valence-electron chi connectivity index (χ3n) is 2.42. The predicted molar refractivity (Wildman–Crippen MR) is 57.5 cm³/mol. The molecule has 15 heavy (non-hydrogen) atoms. The van der Waals surface area contributed by atoms with E-state index in [1.165, 1.54) is 14.2 Å². The molecule has 1 aromatic carbocycles. The molecule has 82 valence electrons. The number of amides is 1. The molecule has 0 heterocycles. The van der Waals surface area contributed by atoms with Crippen molar-refractivity contribution >= 4 is 5.91 Å². The molecule has 1 rings (SSSR count). The summed E-state index contributed by atoms with van der Waals surface area (Å²) >= 11 is 0. The number of ether oxygens (including phenoxy) is 2. The molecule has 1 aromatic rings. The molecule has 0 fully saturated rings. The number of carbonyl (C=O) groups excluding carboxylic acids is 1. The highest BCUT2D eigenvalue weighted by Gasteiger charge is 2.19. The third-order valence-corrected chi connectivity index (χ3v) is 2.42. The van der Waals surface area contributed by atoms with E-state index in [1.807, 2.05) is 13.8 Å². The van der Waals surface area contributed by atoms with E-state index in [0.717, 1.165) is 11.1 Å². The number of nitrogens with two attached hydrogens (primary N) is 1. The fourth-order valence-corrected chi connectivity index (χ4v) is 1.51. The lowest BCUT2D eigenvalue weighted by molar-refractivity contribution is 0.0994. The lowest BCUT2D eigenvalue weighted by Crippen LogP contribution is -2.15. The standard InChI is InChI=1S/C11H15NO3/c1-6-5-8(14-3)9(11(12)13)10(15-4)7(6)2/h5H,1-4H3,(H2,12,13). The van der Waals surface area contributed by atoms with Gasteiger partial charge in [0.2, 0.25) is 0 Å². The van der Waals surface area contributed by atoms with E-state index in [9.17, 15) is 4.79 Å². The molecular formula is C11H15NO3. The van der Waals surface area contributed by atoms with Crippen LogP contribution in [0.15, 0.2) is 6.07 Å². The first-order valence-electron chi connectivity index (χ1n) is 4.54. The molecule has 0 saturated heterocycles. The lowest BCUT2D eigenvalue weighted by atomic mass is 10.0. The zero-order valence-electron chi connectivity index (χ0n) is 9.38. The van der Waals surface area contributed by atoms with Crippen molar-refractivity contribution < 1.29 is 14.3 Å². The van der Waals surface area contributed by atoms with Crippen LogP contribution in [0.5, 0.6) is 11.5 Å². The van der Waals surface area contributed by atoms with E-state index < -0.39 is 5.91 Å². The zero-order valence-corrected chi connectivity index (χ0v) is 9.38. The molecule has 0 aliphatic carbocycles. The quantitative estimate of drug-likeness (QED) is 0.818. The minimum atomic E-state index is -0.549. The van der Waals surface area contributed by atoms with Gasteiger partial charge in [-0.1, -0.05) is 0 Å². The van der Waals surface area contributed by atoms with Crippen molar-refractivity contribution in [1.82, 2.24) is 0 Å². The molecule has 0 saturated carbocycles. The number of rotatable bonds is 3. The average molecular weight is 209 g/mol. The van der Waals surface area contributed by atoms with E-state index in [1.54, 1.807) is 6.07 Å². The van der Waals surface area contributed by atoms with Gasteiger partial charge >= 0.3 is 0 Å². The third kappa shape index (κ3) is 1.88. The molecule has 0 radical (unpaired) electrons. The number of methoxy groups -OCH3 is 2. The monoisotopic (exact) mass is 209 g/mol. The second-order valence-corrected chi connectivity index (χ2v) is 3.29. The van der Waals surface area contributed by atoms with Gasteiger partial charge in [-0.05, 0) is 31.0 Å². The van der Waals surface area contributed by atoms with Gasteiger partial charge in [-0.15, -0.1) is 0 Å². The number of benzene rings is 1. The fraction of sp³-hybridized carbons (Fsp3) is 0.364. The summed E-state index contributed by atoms with van der Waals surface area (Å²) in [6, 6.07) is 1.78. The Kier molecular flexibility index (Phi) is 3.19. The van der Waals surface area contributed by atoms with Gasteiger partial charge in [-0.25, -0.2) is 0 Å². The summed E-state index contributed by atoms with van der Waals surface area (Å²) in [5.41, 5.74) is 7.47. The van der Waals surface area contributed by atoms with Crippen molar-refractivity contribution in [3.05, 3.63) is 22.8 Å². The summed E-state index contributed by atoms with van der Waals surface area (Å²) in [4.78, 5) is 11.3. The average Bonchev–Trinajstić information content (AvgIpc) is 2.20. The summed E-state index contributed by atoms with van der Waals surface area (Å²) in [5.74, 6) is 0.383. The van der Waals surface area contributed by atoms with Crippen LogP contribution in [-0.2, 0) is 0 Å². The Bertz CT molecular complexity index is 399. The maximum absolute atomic E-state index is 11.3. The summed E-state index contributed by atoms with van der Waals surface area (Å²) in [7, 11) is 3.00. The highest BCUT2D eigenvalue weighted by atomic mass is 16.5. The molecule has 4 heteroatoms. The molecule has 0 atom stereocenters. The highest BCUT2D eigenvalue weighted by molar-refractivity contribution is 5.99. The Balaban J connectivity index is 3.56.